The number of nitrogens with zero attached hydrogens (tertiary/aromatic N) is 2. The molecule has 0 fully saturated rings. The van der Waals surface area contributed by atoms with Crippen LogP contribution in [0.25, 0.3) is 0 Å². The molecule has 1 unspecified atom stereocenters. The first-order valence-corrected chi connectivity index (χ1v) is 9.97. The van der Waals surface area contributed by atoms with E-state index in [1.165, 1.54) is 24.7 Å². The quantitative estimate of drug-likeness (QED) is 0.299. The first-order valence-electron chi connectivity index (χ1n) is 9.97. The summed E-state index contributed by atoms with van der Waals surface area (Å²) in [6.45, 7) is 0. The molecule has 0 aliphatic carbocycles. The van der Waals surface area contributed by atoms with Crippen LogP contribution in [-0.4, -0.2) is 21.9 Å². The van der Waals surface area contributed by atoms with E-state index in [2.05, 4.69) is 0 Å². The SMILES string of the molecule is C.O=[N+]([O-])C1CC=CO[C@@H]1c1cc(F)ccc1F.O=[N+]([O-])[C@H]1CC=CO[C@@H]1c1cc(F)ccc1F. The predicted molar refractivity (Wildman–Crippen MR) is 116 cm³/mol. The molecular formula is C23H22F4N2O6. The van der Waals surface area contributed by atoms with E-state index < -0.39 is 57.4 Å². The van der Waals surface area contributed by atoms with Crippen molar-refractivity contribution in [2.24, 2.45) is 0 Å². The third kappa shape index (κ3) is 6.55. The summed E-state index contributed by atoms with van der Waals surface area (Å²) in [7, 11) is 0. The summed E-state index contributed by atoms with van der Waals surface area (Å²) in [5.74, 6) is -2.72. The minimum atomic E-state index is -1.10. The van der Waals surface area contributed by atoms with Gasteiger partial charge in [0.2, 0.25) is 0 Å². The van der Waals surface area contributed by atoms with E-state index in [0.29, 0.717) is 0 Å². The summed E-state index contributed by atoms with van der Waals surface area (Å²) >= 11 is 0. The minimum absolute atomic E-state index is 0. The molecule has 4 rings (SSSR count). The van der Waals surface area contributed by atoms with Crippen LogP contribution in [0.4, 0.5) is 17.6 Å². The van der Waals surface area contributed by atoms with Crippen LogP contribution in [0.15, 0.2) is 61.1 Å². The van der Waals surface area contributed by atoms with Crippen molar-refractivity contribution in [1.82, 2.24) is 0 Å². The van der Waals surface area contributed by atoms with Crippen LogP contribution in [0.3, 0.4) is 0 Å². The van der Waals surface area contributed by atoms with E-state index in [1.807, 2.05) is 0 Å². The summed E-state index contributed by atoms with van der Waals surface area (Å²) < 4.78 is 63.1. The number of ether oxygens (including phenoxy) is 2. The lowest BCUT2D eigenvalue weighted by Gasteiger charge is -2.23. The van der Waals surface area contributed by atoms with Crippen molar-refractivity contribution >= 4 is 0 Å². The van der Waals surface area contributed by atoms with Gasteiger partial charge in [0.25, 0.3) is 12.1 Å². The molecule has 4 atom stereocenters. The lowest BCUT2D eigenvalue weighted by atomic mass is 9.98. The molecule has 0 saturated heterocycles. The third-order valence-electron chi connectivity index (χ3n) is 5.17. The van der Waals surface area contributed by atoms with Gasteiger partial charge in [-0.25, -0.2) is 17.6 Å². The van der Waals surface area contributed by atoms with Gasteiger partial charge in [0.05, 0.1) is 12.5 Å². The van der Waals surface area contributed by atoms with Crippen molar-refractivity contribution < 1.29 is 36.9 Å². The fraction of sp³-hybridized carbons (Fsp3) is 0.304. The maximum atomic E-state index is 13.5. The van der Waals surface area contributed by atoms with Crippen LogP contribution in [0.2, 0.25) is 0 Å². The van der Waals surface area contributed by atoms with Crippen molar-refractivity contribution in [3.05, 3.63) is 116 Å². The maximum Gasteiger partial charge on any atom is 0.257 e. The number of rotatable bonds is 4. The molecular weight excluding hydrogens is 476 g/mol. The highest BCUT2D eigenvalue weighted by Crippen LogP contribution is 2.32. The van der Waals surface area contributed by atoms with E-state index in [-0.39, 0.29) is 31.4 Å². The van der Waals surface area contributed by atoms with Gasteiger partial charge in [0.15, 0.2) is 12.2 Å². The molecule has 0 radical (unpaired) electrons. The Bertz CT molecular complexity index is 1040. The Kier molecular flexibility index (Phi) is 9.32. The van der Waals surface area contributed by atoms with Crippen molar-refractivity contribution in [3.8, 4) is 0 Å². The van der Waals surface area contributed by atoms with Crippen LogP contribution >= 0.6 is 0 Å². The molecule has 2 aliphatic rings. The number of nitro groups is 2. The number of hydrogen-bond acceptors (Lipinski definition) is 6. The van der Waals surface area contributed by atoms with Gasteiger partial charge in [-0.05, 0) is 48.6 Å². The summed E-state index contributed by atoms with van der Waals surface area (Å²) in [5.41, 5.74) is -0.257. The van der Waals surface area contributed by atoms with E-state index in [0.717, 1.165) is 36.4 Å². The first kappa shape index (κ1) is 27.3. The van der Waals surface area contributed by atoms with Gasteiger partial charge in [-0.2, -0.15) is 0 Å². The molecule has 188 valence electrons. The fourth-order valence-corrected chi connectivity index (χ4v) is 3.52. The number of hydrogen-bond donors (Lipinski definition) is 0. The van der Waals surface area contributed by atoms with Gasteiger partial charge in [0.1, 0.15) is 23.3 Å². The molecule has 2 heterocycles. The van der Waals surface area contributed by atoms with Crippen molar-refractivity contribution in [3.63, 3.8) is 0 Å². The van der Waals surface area contributed by atoms with Crippen LogP contribution < -0.4 is 0 Å². The summed E-state index contributed by atoms with van der Waals surface area (Å²) in [4.78, 5) is 20.5. The second kappa shape index (κ2) is 12.0. The average Bonchev–Trinajstić information content (AvgIpc) is 2.82. The molecule has 0 amide bonds. The minimum Gasteiger partial charge on any atom is -0.486 e. The molecule has 0 N–H and O–H groups in total. The second-order valence-electron chi connectivity index (χ2n) is 7.37. The topological polar surface area (TPSA) is 105 Å². The molecule has 2 aromatic carbocycles. The highest BCUT2D eigenvalue weighted by atomic mass is 19.1. The Hall–Kier alpha value is -3.96. The van der Waals surface area contributed by atoms with E-state index in [9.17, 15) is 37.8 Å². The van der Waals surface area contributed by atoms with Crippen molar-refractivity contribution in [1.29, 1.82) is 0 Å². The Morgan fingerprint density at radius 1 is 0.714 bits per heavy atom. The fourth-order valence-electron chi connectivity index (χ4n) is 3.52. The van der Waals surface area contributed by atoms with Crippen molar-refractivity contribution in [2.75, 3.05) is 0 Å². The van der Waals surface area contributed by atoms with Crippen LogP contribution in [0, 0.1) is 43.5 Å². The normalized spacial score (nSPS) is 22.5. The largest absolute Gasteiger partial charge is 0.486 e. The molecule has 2 aliphatic heterocycles. The number of benzene rings is 2. The van der Waals surface area contributed by atoms with Crippen LogP contribution in [-0.2, 0) is 9.47 Å². The lowest BCUT2D eigenvalue weighted by molar-refractivity contribution is -0.536. The Balaban J connectivity index is 0.000000240. The number of halogens is 4. The molecule has 35 heavy (non-hydrogen) atoms. The van der Waals surface area contributed by atoms with Gasteiger partial charge in [-0.3, -0.25) is 20.2 Å². The van der Waals surface area contributed by atoms with E-state index >= 15 is 0 Å². The van der Waals surface area contributed by atoms with Gasteiger partial charge >= 0.3 is 0 Å². The highest BCUT2D eigenvalue weighted by Gasteiger charge is 2.38. The zero-order valence-electron chi connectivity index (χ0n) is 17.4. The maximum absolute atomic E-state index is 13.5. The van der Waals surface area contributed by atoms with Crippen molar-refractivity contribution in [2.45, 2.75) is 44.6 Å². The molecule has 0 spiro atoms. The summed E-state index contributed by atoms with van der Waals surface area (Å²) in [6.07, 6.45) is 3.60. The summed E-state index contributed by atoms with van der Waals surface area (Å²) in [6, 6.07) is 3.43. The van der Waals surface area contributed by atoms with Gasteiger partial charge < -0.3 is 9.47 Å². The summed E-state index contributed by atoms with van der Waals surface area (Å²) in [5, 5.41) is 21.6. The Morgan fingerprint density at radius 2 is 1.09 bits per heavy atom. The zero-order chi connectivity index (χ0) is 24.8. The first-order chi connectivity index (χ1) is 16.2. The van der Waals surface area contributed by atoms with Crippen LogP contribution in [0.1, 0.15) is 43.6 Å². The van der Waals surface area contributed by atoms with Gasteiger partial charge in [-0.15, -0.1) is 0 Å². The zero-order valence-corrected chi connectivity index (χ0v) is 17.4. The predicted octanol–water partition coefficient (Wildman–Crippen LogP) is 5.81. The smallest absolute Gasteiger partial charge is 0.257 e. The Morgan fingerprint density at radius 3 is 1.43 bits per heavy atom. The lowest BCUT2D eigenvalue weighted by Crippen LogP contribution is -2.30. The average molecular weight is 498 g/mol. The highest BCUT2D eigenvalue weighted by molar-refractivity contribution is 5.24. The molecule has 8 nitrogen and oxygen atoms in total. The second-order valence-corrected chi connectivity index (χ2v) is 7.37. The Labute approximate surface area is 197 Å². The third-order valence-corrected chi connectivity index (χ3v) is 5.17. The molecule has 0 aromatic heterocycles. The molecule has 2 aromatic rings. The molecule has 0 saturated carbocycles. The van der Waals surface area contributed by atoms with Crippen LogP contribution in [0.5, 0.6) is 0 Å². The van der Waals surface area contributed by atoms with Gasteiger partial charge in [0, 0.05) is 33.8 Å². The molecule has 12 heteroatoms. The van der Waals surface area contributed by atoms with E-state index in [1.54, 1.807) is 0 Å². The standard InChI is InChI=1S/2C11H9F2NO3.CH4/c2*12-7-3-4-9(13)8(6-7)11-10(14(15)16)2-1-5-17-11;/h2*1,3-6,10-11H,2H2;1H4/t10?,11-;10-,11+;/m10./s1. The van der Waals surface area contributed by atoms with E-state index in [4.69, 9.17) is 9.47 Å². The molecule has 0 bridgehead atoms. The van der Waals surface area contributed by atoms with Gasteiger partial charge in [-0.1, -0.05) is 7.43 Å². The monoisotopic (exact) mass is 498 g/mol.